The van der Waals surface area contributed by atoms with Gasteiger partial charge in [-0.1, -0.05) is 0 Å². The molecule has 3 aliphatic heterocycles. The van der Waals surface area contributed by atoms with Crippen molar-refractivity contribution in [2.75, 3.05) is 19.8 Å². The van der Waals surface area contributed by atoms with E-state index in [4.69, 9.17) is 23.7 Å². The maximum atomic E-state index is 11.7. The average Bonchev–Trinajstić information content (AvgIpc) is 2.90. The molecule has 3 saturated heterocycles. The molecule has 0 unspecified atom stereocenters. The second-order valence-corrected chi connectivity index (χ2v) is 9.85. The van der Waals surface area contributed by atoms with E-state index in [2.05, 4.69) is 10.6 Å². The van der Waals surface area contributed by atoms with E-state index < -0.39 is 124 Å². The van der Waals surface area contributed by atoms with Crippen LogP contribution >= 0.6 is 0 Å². The smallest absolute Gasteiger partial charge is 0.217 e. The molecule has 0 aromatic rings. The highest BCUT2D eigenvalue weighted by molar-refractivity contribution is 5.73. The van der Waals surface area contributed by atoms with Crippen LogP contribution in [0, 0.1) is 0 Å². The zero-order valence-electron chi connectivity index (χ0n) is 21.7. The predicted molar refractivity (Wildman–Crippen MR) is 124 cm³/mol. The highest BCUT2D eigenvalue weighted by Gasteiger charge is 2.52. The Morgan fingerprint density at radius 2 is 1.12 bits per heavy atom. The lowest BCUT2D eigenvalue weighted by atomic mass is 9.95. The molecule has 3 heterocycles. The number of aliphatic hydroxyl groups is 9. The lowest BCUT2D eigenvalue weighted by Crippen LogP contribution is -2.68. The van der Waals surface area contributed by atoms with Crippen molar-refractivity contribution in [3.8, 4) is 0 Å². The zero-order valence-corrected chi connectivity index (χ0v) is 21.7. The maximum Gasteiger partial charge on any atom is 0.217 e. The number of rotatable bonds is 9. The van der Waals surface area contributed by atoms with Crippen LogP contribution in [0.1, 0.15) is 13.8 Å². The molecule has 18 heteroatoms. The largest absolute Gasteiger partial charge is 0.394 e. The Bertz CT molecular complexity index is 854. The first-order chi connectivity index (χ1) is 18.8. The first kappa shape index (κ1) is 32.9. The number of ether oxygens (including phenoxy) is 5. The molecule has 0 saturated carbocycles. The number of hydrogen-bond acceptors (Lipinski definition) is 16. The molecule has 0 spiro atoms. The fourth-order valence-electron chi connectivity index (χ4n) is 4.76. The van der Waals surface area contributed by atoms with Crippen LogP contribution in [0.4, 0.5) is 0 Å². The third-order valence-electron chi connectivity index (χ3n) is 6.88. The van der Waals surface area contributed by atoms with Crippen LogP contribution in [0.25, 0.3) is 0 Å². The summed E-state index contributed by atoms with van der Waals surface area (Å²) >= 11 is 0. The molecule has 0 radical (unpaired) electrons. The van der Waals surface area contributed by atoms with Crippen molar-refractivity contribution in [2.24, 2.45) is 0 Å². The van der Waals surface area contributed by atoms with Crippen molar-refractivity contribution < 1.29 is 79.2 Å². The van der Waals surface area contributed by atoms with Gasteiger partial charge in [0, 0.05) is 13.8 Å². The molecule has 0 aromatic heterocycles. The number of nitrogens with one attached hydrogen (secondary N) is 2. The Kier molecular flexibility index (Phi) is 11.5. The van der Waals surface area contributed by atoms with E-state index in [1.165, 1.54) is 0 Å². The van der Waals surface area contributed by atoms with Gasteiger partial charge in [0.15, 0.2) is 18.9 Å². The first-order valence-electron chi connectivity index (χ1n) is 12.6. The maximum absolute atomic E-state index is 11.7. The van der Waals surface area contributed by atoms with Gasteiger partial charge in [-0.2, -0.15) is 0 Å². The average molecular weight is 587 g/mol. The van der Waals surface area contributed by atoms with E-state index in [1.54, 1.807) is 0 Å². The molecule has 2 amide bonds. The van der Waals surface area contributed by atoms with Crippen molar-refractivity contribution in [1.82, 2.24) is 10.6 Å². The van der Waals surface area contributed by atoms with Crippen molar-refractivity contribution in [1.29, 1.82) is 0 Å². The third-order valence-corrected chi connectivity index (χ3v) is 6.88. The van der Waals surface area contributed by atoms with E-state index in [9.17, 15) is 55.5 Å². The summed E-state index contributed by atoms with van der Waals surface area (Å²) in [5.74, 6) is -1.25. The molecule has 3 fully saturated rings. The fraction of sp³-hybridized carbons (Fsp3) is 0.909. The van der Waals surface area contributed by atoms with E-state index >= 15 is 0 Å². The molecule has 3 aliphatic rings. The Morgan fingerprint density at radius 3 is 1.60 bits per heavy atom. The molecule has 11 N–H and O–H groups in total. The van der Waals surface area contributed by atoms with Crippen molar-refractivity contribution in [2.45, 2.75) is 106 Å². The molecule has 0 aromatic carbocycles. The lowest BCUT2D eigenvalue weighted by molar-refractivity contribution is -0.348. The lowest BCUT2D eigenvalue weighted by Gasteiger charge is -2.47. The van der Waals surface area contributed by atoms with Crippen molar-refractivity contribution in [3.05, 3.63) is 0 Å². The summed E-state index contributed by atoms with van der Waals surface area (Å²) in [6.07, 6.45) is -21.0. The Labute approximate surface area is 228 Å². The van der Waals surface area contributed by atoms with Gasteiger partial charge in [-0.05, 0) is 0 Å². The molecule has 3 rings (SSSR count). The molecule has 232 valence electrons. The van der Waals surface area contributed by atoms with Gasteiger partial charge in [0.1, 0.15) is 73.1 Å². The minimum Gasteiger partial charge on any atom is -0.394 e. The van der Waals surface area contributed by atoms with E-state index in [0.717, 1.165) is 13.8 Å². The van der Waals surface area contributed by atoms with Gasteiger partial charge in [0.05, 0.1) is 19.8 Å². The summed E-state index contributed by atoms with van der Waals surface area (Å²) in [5, 5.41) is 96.5. The van der Waals surface area contributed by atoms with Gasteiger partial charge >= 0.3 is 0 Å². The Morgan fingerprint density at radius 1 is 0.650 bits per heavy atom. The number of carbonyl (C=O) groups excluding carboxylic acids is 2. The minimum absolute atomic E-state index is 0.603. The van der Waals surface area contributed by atoms with Crippen LogP contribution in [-0.2, 0) is 33.3 Å². The fourth-order valence-corrected chi connectivity index (χ4v) is 4.76. The highest BCUT2D eigenvalue weighted by atomic mass is 16.7. The summed E-state index contributed by atoms with van der Waals surface area (Å²) in [5.41, 5.74) is 0. The predicted octanol–water partition coefficient (Wildman–Crippen LogP) is -7.29. The Hall–Kier alpha value is -1.62. The molecule has 0 bridgehead atoms. The van der Waals surface area contributed by atoms with Gasteiger partial charge in [-0.25, -0.2) is 0 Å². The van der Waals surface area contributed by atoms with Gasteiger partial charge in [0.25, 0.3) is 0 Å². The molecule has 18 nitrogen and oxygen atoms in total. The normalized spacial score (nSPS) is 46.0. The van der Waals surface area contributed by atoms with Crippen LogP contribution in [-0.4, -0.2) is 170 Å². The summed E-state index contributed by atoms with van der Waals surface area (Å²) in [6, 6.07) is -2.72. The van der Waals surface area contributed by atoms with Crippen LogP contribution in [0.15, 0.2) is 0 Å². The highest BCUT2D eigenvalue weighted by Crippen LogP contribution is 2.30. The van der Waals surface area contributed by atoms with Crippen LogP contribution in [0.5, 0.6) is 0 Å². The summed E-state index contributed by atoms with van der Waals surface area (Å²) in [6.45, 7) is 0.187. The molecule has 15 atom stereocenters. The molecule has 40 heavy (non-hydrogen) atoms. The Balaban J connectivity index is 1.75. The first-order valence-corrected chi connectivity index (χ1v) is 12.6. The number of aliphatic hydroxyl groups excluding tert-OH is 9. The van der Waals surface area contributed by atoms with Gasteiger partial charge < -0.3 is 80.3 Å². The monoisotopic (exact) mass is 586 g/mol. The second-order valence-electron chi connectivity index (χ2n) is 9.85. The van der Waals surface area contributed by atoms with Crippen molar-refractivity contribution in [3.63, 3.8) is 0 Å². The van der Waals surface area contributed by atoms with Gasteiger partial charge in [-0.3, -0.25) is 9.59 Å². The third kappa shape index (κ3) is 7.23. The second kappa shape index (κ2) is 14.0. The zero-order chi connectivity index (χ0) is 29.9. The van der Waals surface area contributed by atoms with Crippen LogP contribution in [0.2, 0.25) is 0 Å². The van der Waals surface area contributed by atoms with Crippen LogP contribution in [0.3, 0.4) is 0 Å². The number of amides is 2. The number of carbonyl (C=O) groups is 2. The summed E-state index contributed by atoms with van der Waals surface area (Å²) < 4.78 is 27.3. The minimum atomic E-state index is -1.95. The van der Waals surface area contributed by atoms with Gasteiger partial charge in [0.2, 0.25) is 11.8 Å². The summed E-state index contributed by atoms with van der Waals surface area (Å²) in [7, 11) is 0. The SMILES string of the molecule is CC(=O)N[C@@H]1[C@H](OC[C@H]2O[C@H](O)[C@H](O)[C@@H](O[C@@H]3O[C@H](CO)[C@@H](O)[C@H](O)[C@@H]3NC(C)=O)[C@H]2O)O[C@H](CO)[C@@H](O)[C@@H]1O. The number of hydrogen-bond donors (Lipinski definition) is 11. The molecular formula is C22H38N2O16. The summed E-state index contributed by atoms with van der Waals surface area (Å²) in [4.78, 5) is 23.3. The topological polar surface area (TPSA) is 286 Å². The van der Waals surface area contributed by atoms with E-state index in [1.807, 2.05) is 0 Å². The van der Waals surface area contributed by atoms with E-state index in [-0.39, 0.29) is 0 Å². The van der Waals surface area contributed by atoms with Crippen LogP contribution < -0.4 is 10.6 Å². The molecule has 0 aliphatic carbocycles. The standard InChI is InChI=1S/C22H38N2O16/c1-6(27)23-11-16(32)13(29)8(3-25)38-21(11)36-5-10-15(31)19(18(34)20(35)37-10)40-22-12(24-7(2)28)17(33)14(30)9(4-26)39-22/h8-22,25-26,29-35H,3-5H2,1-2H3,(H,23,27)(H,24,28)/t8-,9-,10-,11+,12+,13-,14-,15+,16-,17-,18-,19+,20+,21-,22+/m1/s1. The van der Waals surface area contributed by atoms with Crippen molar-refractivity contribution >= 4 is 11.8 Å². The quantitative estimate of drug-likeness (QED) is 0.120. The van der Waals surface area contributed by atoms with E-state index in [0.29, 0.717) is 0 Å². The molecular weight excluding hydrogens is 548 g/mol. The van der Waals surface area contributed by atoms with Gasteiger partial charge in [-0.15, -0.1) is 0 Å².